The lowest BCUT2D eigenvalue weighted by Gasteiger charge is -2.26. The Morgan fingerprint density at radius 3 is 2.15 bits per heavy atom. The van der Waals surface area contributed by atoms with Gasteiger partial charge in [0.2, 0.25) is 0 Å². The van der Waals surface area contributed by atoms with Crippen molar-refractivity contribution in [2.24, 2.45) is 0 Å². The van der Waals surface area contributed by atoms with E-state index in [1.807, 2.05) is 24.3 Å². The average Bonchev–Trinajstić information content (AvgIpc) is 2.68. The number of nitrogens with one attached hydrogen (secondary N) is 1. The zero-order valence-corrected chi connectivity index (χ0v) is 16.1. The number of carbonyl (C=O) groups is 2. The largest absolute Gasteiger partial charge is 0.378 e. The van der Waals surface area contributed by atoms with Gasteiger partial charge < -0.3 is 15.0 Å². The van der Waals surface area contributed by atoms with Crippen molar-refractivity contribution in [1.29, 1.82) is 0 Å². The highest BCUT2D eigenvalue weighted by atomic mass is 16.5. The van der Waals surface area contributed by atoms with Crippen molar-refractivity contribution in [2.75, 3.05) is 31.6 Å². The number of anilines is 1. The number of benzene rings is 2. The average molecular weight is 366 g/mol. The number of amides is 2. The minimum atomic E-state index is -0.183. The van der Waals surface area contributed by atoms with Gasteiger partial charge in [0, 0.05) is 29.9 Å². The number of nitrogens with zero attached hydrogens (tertiary/aromatic N) is 1. The molecule has 27 heavy (non-hydrogen) atoms. The van der Waals surface area contributed by atoms with E-state index in [4.69, 9.17) is 4.74 Å². The zero-order valence-electron chi connectivity index (χ0n) is 16.1. The summed E-state index contributed by atoms with van der Waals surface area (Å²) < 4.78 is 5.28. The van der Waals surface area contributed by atoms with Crippen LogP contribution in [0.4, 0.5) is 5.69 Å². The van der Waals surface area contributed by atoms with Gasteiger partial charge in [0.25, 0.3) is 11.8 Å². The van der Waals surface area contributed by atoms with E-state index in [1.54, 1.807) is 29.2 Å². The quantitative estimate of drug-likeness (QED) is 0.901. The molecule has 0 atom stereocenters. The highest BCUT2D eigenvalue weighted by molar-refractivity contribution is 6.05. The molecule has 1 fully saturated rings. The van der Waals surface area contributed by atoms with Gasteiger partial charge in [0.05, 0.1) is 13.2 Å². The van der Waals surface area contributed by atoms with Gasteiger partial charge in [0.15, 0.2) is 0 Å². The summed E-state index contributed by atoms with van der Waals surface area (Å²) in [4.78, 5) is 26.9. The lowest BCUT2D eigenvalue weighted by Crippen LogP contribution is -2.40. The summed E-state index contributed by atoms with van der Waals surface area (Å²) >= 11 is 0. The molecule has 1 heterocycles. The lowest BCUT2D eigenvalue weighted by atomic mass is 9.86. The number of hydrogen-bond acceptors (Lipinski definition) is 3. The van der Waals surface area contributed by atoms with Gasteiger partial charge in [-0.2, -0.15) is 0 Å². The van der Waals surface area contributed by atoms with Crippen LogP contribution in [0.25, 0.3) is 0 Å². The number of carbonyl (C=O) groups excluding carboxylic acids is 2. The summed E-state index contributed by atoms with van der Waals surface area (Å²) in [6, 6.07) is 14.6. The molecule has 5 heteroatoms. The first kappa shape index (κ1) is 19.1. The topological polar surface area (TPSA) is 58.6 Å². The van der Waals surface area contributed by atoms with Crippen LogP contribution in [0.15, 0.2) is 48.5 Å². The predicted octanol–water partition coefficient (Wildman–Crippen LogP) is 3.71. The van der Waals surface area contributed by atoms with Gasteiger partial charge in [0.1, 0.15) is 0 Å². The van der Waals surface area contributed by atoms with Crippen LogP contribution >= 0.6 is 0 Å². The Bertz CT molecular complexity index is 816. The molecule has 1 N–H and O–H groups in total. The number of rotatable bonds is 3. The van der Waals surface area contributed by atoms with Gasteiger partial charge in [-0.3, -0.25) is 9.59 Å². The van der Waals surface area contributed by atoms with Crippen LogP contribution in [-0.2, 0) is 10.2 Å². The molecule has 1 saturated heterocycles. The molecule has 3 rings (SSSR count). The molecule has 0 aliphatic carbocycles. The molecule has 1 aliphatic heterocycles. The van der Waals surface area contributed by atoms with Crippen molar-refractivity contribution >= 4 is 17.5 Å². The summed E-state index contributed by atoms with van der Waals surface area (Å²) in [5.41, 5.74) is 2.93. The minimum Gasteiger partial charge on any atom is -0.378 e. The molecule has 0 radical (unpaired) electrons. The van der Waals surface area contributed by atoms with Gasteiger partial charge in [-0.25, -0.2) is 0 Å². The Morgan fingerprint density at radius 1 is 0.926 bits per heavy atom. The molecule has 2 amide bonds. The standard InChI is InChI=1S/C22H26N2O3/c1-22(2,3)18-6-4-5-7-19(18)23-20(25)16-8-10-17(11-9-16)21(26)24-12-14-27-15-13-24/h4-11H,12-15H2,1-3H3,(H,23,25). The van der Waals surface area contributed by atoms with Crippen LogP contribution in [0.3, 0.4) is 0 Å². The molecule has 2 aromatic rings. The minimum absolute atomic E-state index is 0.0247. The molecular weight excluding hydrogens is 340 g/mol. The SMILES string of the molecule is CC(C)(C)c1ccccc1NC(=O)c1ccc(C(=O)N2CCOCC2)cc1. The van der Waals surface area contributed by atoms with Gasteiger partial charge in [-0.1, -0.05) is 39.0 Å². The zero-order chi connectivity index (χ0) is 19.4. The fourth-order valence-electron chi connectivity index (χ4n) is 3.15. The van der Waals surface area contributed by atoms with Crippen LogP contribution in [-0.4, -0.2) is 43.0 Å². The number of hydrogen-bond donors (Lipinski definition) is 1. The molecule has 2 aromatic carbocycles. The number of morpholine rings is 1. The van der Waals surface area contributed by atoms with Crippen LogP contribution in [0, 0.1) is 0 Å². The fraction of sp³-hybridized carbons (Fsp3) is 0.364. The summed E-state index contributed by atoms with van der Waals surface area (Å²) in [5.74, 6) is -0.208. The Labute approximate surface area is 160 Å². The summed E-state index contributed by atoms with van der Waals surface area (Å²) in [6.07, 6.45) is 0. The molecule has 5 nitrogen and oxygen atoms in total. The summed E-state index contributed by atoms with van der Waals surface area (Å²) in [5, 5.41) is 2.99. The fourth-order valence-corrected chi connectivity index (χ4v) is 3.15. The second-order valence-corrected chi connectivity index (χ2v) is 7.73. The third-order valence-corrected chi connectivity index (χ3v) is 4.68. The number of para-hydroxylation sites is 1. The molecule has 0 bridgehead atoms. The van der Waals surface area contributed by atoms with Crippen molar-refractivity contribution < 1.29 is 14.3 Å². The van der Waals surface area contributed by atoms with Crippen LogP contribution < -0.4 is 5.32 Å². The third kappa shape index (κ3) is 4.55. The molecule has 0 saturated carbocycles. The van der Waals surface area contributed by atoms with Crippen LogP contribution in [0.1, 0.15) is 47.1 Å². The Morgan fingerprint density at radius 2 is 1.52 bits per heavy atom. The van der Waals surface area contributed by atoms with Crippen molar-refractivity contribution in [3.63, 3.8) is 0 Å². The highest BCUT2D eigenvalue weighted by Gasteiger charge is 2.20. The second-order valence-electron chi connectivity index (χ2n) is 7.73. The maximum Gasteiger partial charge on any atom is 0.255 e. The normalized spacial score (nSPS) is 14.7. The first-order valence-corrected chi connectivity index (χ1v) is 9.24. The molecule has 0 spiro atoms. The van der Waals surface area contributed by atoms with E-state index in [0.29, 0.717) is 37.4 Å². The first-order chi connectivity index (χ1) is 12.9. The monoisotopic (exact) mass is 366 g/mol. The first-order valence-electron chi connectivity index (χ1n) is 9.24. The van der Waals surface area contributed by atoms with E-state index in [2.05, 4.69) is 26.1 Å². The van der Waals surface area contributed by atoms with E-state index in [0.717, 1.165) is 11.3 Å². The molecule has 1 aliphatic rings. The van der Waals surface area contributed by atoms with Gasteiger partial charge >= 0.3 is 0 Å². The second kappa shape index (κ2) is 7.92. The molecule has 0 aromatic heterocycles. The highest BCUT2D eigenvalue weighted by Crippen LogP contribution is 2.29. The van der Waals surface area contributed by atoms with E-state index < -0.39 is 0 Å². The van der Waals surface area contributed by atoms with Crippen LogP contribution in [0.2, 0.25) is 0 Å². The Hall–Kier alpha value is -2.66. The van der Waals surface area contributed by atoms with Crippen LogP contribution in [0.5, 0.6) is 0 Å². The van der Waals surface area contributed by atoms with Gasteiger partial charge in [-0.05, 0) is 41.3 Å². The van der Waals surface area contributed by atoms with Crippen molar-refractivity contribution in [3.8, 4) is 0 Å². The predicted molar refractivity (Wildman–Crippen MR) is 106 cm³/mol. The lowest BCUT2D eigenvalue weighted by molar-refractivity contribution is 0.0303. The summed E-state index contributed by atoms with van der Waals surface area (Å²) in [7, 11) is 0. The van der Waals surface area contributed by atoms with E-state index in [-0.39, 0.29) is 17.2 Å². The van der Waals surface area contributed by atoms with E-state index in [1.165, 1.54) is 0 Å². The maximum atomic E-state index is 12.7. The summed E-state index contributed by atoms with van der Waals surface area (Å²) in [6.45, 7) is 8.69. The maximum absolute atomic E-state index is 12.7. The van der Waals surface area contributed by atoms with Crippen molar-refractivity contribution in [1.82, 2.24) is 4.90 Å². The van der Waals surface area contributed by atoms with E-state index >= 15 is 0 Å². The van der Waals surface area contributed by atoms with Crippen molar-refractivity contribution in [3.05, 3.63) is 65.2 Å². The van der Waals surface area contributed by atoms with E-state index in [9.17, 15) is 9.59 Å². The molecule has 0 unspecified atom stereocenters. The molecule has 142 valence electrons. The third-order valence-electron chi connectivity index (χ3n) is 4.68. The number of ether oxygens (including phenoxy) is 1. The Kier molecular flexibility index (Phi) is 5.61. The smallest absolute Gasteiger partial charge is 0.255 e. The Balaban J connectivity index is 1.72. The van der Waals surface area contributed by atoms with Gasteiger partial charge in [-0.15, -0.1) is 0 Å². The molecular formula is C22H26N2O3. The van der Waals surface area contributed by atoms with Crippen molar-refractivity contribution in [2.45, 2.75) is 26.2 Å².